The van der Waals surface area contributed by atoms with E-state index in [1.165, 1.54) is 7.11 Å². The number of ketones is 1. The molecule has 10 heteroatoms. The summed E-state index contributed by atoms with van der Waals surface area (Å²) >= 11 is 0. The second kappa shape index (κ2) is 12.2. The molecule has 0 aromatic rings. The minimum Gasteiger partial charge on any atom is -0.515 e. The third-order valence-electron chi connectivity index (χ3n) is 9.70. The number of esters is 2. The van der Waals surface area contributed by atoms with Crippen LogP contribution in [0.4, 0.5) is 0 Å². The van der Waals surface area contributed by atoms with Crippen molar-refractivity contribution in [3.8, 4) is 0 Å². The number of ether oxygens (including phenoxy) is 2. The number of fused-ring (bicyclic) bond motifs is 5. The molecule has 0 radical (unpaired) electrons. The zero-order chi connectivity index (χ0) is 33.7. The molecule has 5 aliphatic heterocycles. The van der Waals surface area contributed by atoms with Gasteiger partial charge < -0.3 is 19.9 Å². The molecule has 242 valence electrons. The highest BCUT2D eigenvalue weighted by Gasteiger charge is 2.51. The molecule has 1 saturated heterocycles. The number of carbonyl (C=O) groups excluding carboxylic acids is 3. The lowest BCUT2D eigenvalue weighted by Gasteiger charge is -2.19. The van der Waals surface area contributed by atoms with Crippen molar-refractivity contribution in [3.05, 3.63) is 105 Å². The van der Waals surface area contributed by atoms with E-state index in [0.717, 1.165) is 28.7 Å². The summed E-state index contributed by atoms with van der Waals surface area (Å²) in [6.45, 7) is 13.9. The predicted octanol–water partition coefficient (Wildman–Crippen LogP) is 5.77. The Bertz CT molecular complexity index is 1900. The van der Waals surface area contributed by atoms with Crippen LogP contribution in [0, 0.1) is 17.8 Å². The maximum atomic E-state index is 14.1. The molecule has 0 amide bonds. The number of hydrogen-bond donors (Lipinski definition) is 2. The van der Waals surface area contributed by atoms with Crippen LogP contribution in [0.15, 0.2) is 120 Å². The first kappa shape index (κ1) is 31.8. The first-order valence-corrected chi connectivity index (χ1v) is 15.9. The number of allylic oxidation sites excluding steroid dienone is 11. The van der Waals surface area contributed by atoms with Crippen LogP contribution in [0.2, 0.25) is 0 Å². The first-order chi connectivity index (χ1) is 22.6. The van der Waals surface area contributed by atoms with Crippen LogP contribution >= 0.6 is 0 Å². The zero-order valence-corrected chi connectivity index (χ0v) is 27.5. The van der Waals surface area contributed by atoms with E-state index in [9.17, 15) is 19.5 Å². The van der Waals surface area contributed by atoms with Crippen molar-refractivity contribution in [2.75, 3.05) is 13.7 Å². The number of carbonyl (C=O) groups is 3. The lowest BCUT2D eigenvalue weighted by Crippen LogP contribution is -2.26. The number of hydrogen-bond acceptors (Lipinski definition) is 10. The van der Waals surface area contributed by atoms with Gasteiger partial charge in [-0.2, -0.15) is 0 Å². The van der Waals surface area contributed by atoms with E-state index in [-0.39, 0.29) is 36.6 Å². The van der Waals surface area contributed by atoms with E-state index in [4.69, 9.17) is 24.5 Å². The number of aliphatic hydroxyl groups is 1. The van der Waals surface area contributed by atoms with Gasteiger partial charge in [-0.1, -0.05) is 26.5 Å². The molecule has 2 fully saturated rings. The van der Waals surface area contributed by atoms with Gasteiger partial charge in [0.25, 0.3) is 0 Å². The number of aliphatic hydroxyl groups excluding tert-OH is 1. The van der Waals surface area contributed by atoms with Crippen molar-refractivity contribution >= 4 is 34.9 Å². The minimum atomic E-state index is -1.21. The molecular formula is C37H38N4O6. The molecule has 0 unspecified atom stereocenters. The van der Waals surface area contributed by atoms with E-state index >= 15 is 0 Å². The summed E-state index contributed by atoms with van der Waals surface area (Å²) in [5, 5.41) is 13.9. The maximum Gasteiger partial charge on any atom is 0.321 e. The van der Waals surface area contributed by atoms with E-state index in [2.05, 4.69) is 18.8 Å². The summed E-state index contributed by atoms with van der Waals surface area (Å²) in [6.07, 6.45) is 9.63. The van der Waals surface area contributed by atoms with Crippen LogP contribution in [0.1, 0.15) is 53.9 Å². The molecule has 0 aromatic heterocycles. The van der Waals surface area contributed by atoms with Gasteiger partial charge in [0.05, 0.1) is 54.2 Å². The average molecular weight is 635 g/mol. The Hall–Kier alpha value is -5.12. The summed E-state index contributed by atoms with van der Waals surface area (Å²) in [5.41, 5.74) is 9.59. The molecule has 6 rings (SSSR count). The van der Waals surface area contributed by atoms with Gasteiger partial charge in [-0.15, -0.1) is 0 Å². The quantitative estimate of drug-likeness (QED) is 0.206. The number of rotatable bonds is 7. The molecular weight excluding hydrogens is 596 g/mol. The summed E-state index contributed by atoms with van der Waals surface area (Å²) in [6, 6.07) is 0. The number of aliphatic imine (C=N–C) groups is 3. The lowest BCUT2D eigenvalue weighted by molar-refractivity contribution is -0.146. The summed E-state index contributed by atoms with van der Waals surface area (Å²) < 4.78 is 10.4. The highest BCUT2D eigenvalue weighted by atomic mass is 16.5. The van der Waals surface area contributed by atoms with Crippen molar-refractivity contribution in [3.63, 3.8) is 0 Å². The lowest BCUT2D eigenvalue weighted by atomic mass is 9.85. The van der Waals surface area contributed by atoms with Crippen molar-refractivity contribution in [1.82, 2.24) is 5.32 Å². The molecule has 10 nitrogen and oxygen atoms in total. The van der Waals surface area contributed by atoms with Gasteiger partial charge in [-0.25, -0.2) is 15.0 Å². The van der Waals surface area contributed by atoms with Gasteiger partial charge >= 0.3 is 11.9 Å². The molecule has 1 saturated carbocycles. The van der Waals surface area contributed by atoms with E-state index < -0.39 is 11.9 Å². The smallest absolute Gasteiger partial charge is 0.321 e. The standard InChI is InChI=1S/C37H38N4O6/c1-8-20-17(4)24-13-25-18(5)22(11-12-30(43)47-10-3)34(40-25)32-33(37(45)46-7)36(44)31-19(6)26(41-35(31)32)14-28-21(9-2)23(16-42)29(39-28)15-27(20)38-24/h8,13-16,18,22,33,40,42H,1,9-12H2,2-7H3/t18-,22-,33+/m0/s1. The van der Waals surface area contributed by atoms with Crippen LogP contribution in [0.3, 0.4) is 0 Å². The zero-order valence-electron chi connectivity index (χ0n) is 27.5. The fourth-order valence-corrected chi connectivity index (χ4v) is 7.22. The molecule has 1 aliphatic carbocycles. The fourth-order valence-electron chi connectivity index (χ4n) is 7.22. The van der Waals surface area contributed by atoms with Crippen molar-refractivity contribution in [2.24, 2.45) is 32.7 Å². The number of methoxy groups -OCH3 is 1. The van der Waals surface area contributed by atoms with Gasteiger partial charge in [0.15, 0.2) is 5.78 Å². The Labute approximate surface area is 273 Å². The van der Waals surface area contributed by atoms with Gasteiger partial charge in [-0.3, -0.25) is 14.4 Å². The highest BCUT2D eigenvalue weighted by Crippen LogP contribution is 2.47. The Balaban J connectivity index is 1.65. The van der Waals surface area contributed by atoms with Gasteiger partial charge in [0.1, 0.15) is 5.92 Å². The Morgan fingerprint density at radius 3 is 2.49 bits per heavy atom. The minimum absolute atomic E-state index is 0.139. The SMILES string of the molecule is C=CC1=C(C)C2=NC1=CC1=NC(=C(CC)C1=CO)C=C1N=C3C(=C1C)C(=O)[C@H](C(=O)OC)C3=C1NC(=C2)[C@@H](C)[C@@H]1CCC(=O)OCC. The summed E-state index contributed by atoms with van der Waals surface area (Å²) in [5.74, 6) is -2.98. The first-order valence-electron chi connectivity index (χ1n) is 15.9. The molecule has 2 N–H and O–H groups in total. The van der Waals surface area contributed by atoms with Crippen LogP contribution in [-0.2, 0) is 23.9 Å². The summed E-state index contributed by atoms with van der Waals surface area (Å²) in [4.78, 5) is 54.8. The normalized spacial score (nSPS) is 25.5. The molecule has 0 aromatic carbocycles. The van der Waals surface area contributed by atoms with Gasteiger partial charge in [-0.05, 0) is 68.6 Å². The van der Waals surface area contributed by atoms with Crippen molar-refractivity contribution in [2.45, 2.75) is 53.9 Å². The van der Waals surface area contributed by atoms with Crippen LogP contribution < -0.4 is 5.32 Å². The molecule has 0 spiro atoms. The number of nitrogens with one attached hydrogen (secondary N) is 1. The Morgan fingerprint density at radius 2 is 1.83 bits per heavy atom. The van der Waals surface area contributed by atoms with E-state index in [1.807, 2.05) is 39.0 Å². The van der Waals surface area contributed by atoms with Crippen molar-refractivity contribution < 1.29 is 29.0 Å². The maximum absolute atomic E-state index is 14.1. The van der Waals surface area contributed by atoms with E-state index in [0.29, 0.717) is 75.1 Å². The van der Waals surface area contributed by atoms with E-state index in [1.54, 1.807) is 13.0 Å². The number of nitrogens with zero attached hydrogens (tertiary/aromatic N) is 3. The molecule has 5 heterocycles. The molecule has 6 aliphatic rings. The predicted molar refractivity (Wildman–Crippen MR) is 179 cm³/mol. The number of Topliss-reactive ketones (excluding diaryl/α,β-unsaturated/α-hetero) is 1. The van der Waals surface area contributed by atoms with Gasteiger partial charge in [0, 0.05) is 51.9 Å². The second-order valence-corrected chi connectivity index (χ2v) is 12.1. The Kier molecular flexibility index (Phi) is 8.29. The topological polar surface area (TPSA) is 139 Å². The van der Waals surface area contributed by atoms with Gasteiger partial charge in [0.2, 0.25) is 0 Å². The third-order valence-corrected chi connectivity index (χ3v) is 9.70. The highest BCUT2D eigenvalue weighted by molar-refractivity contribution is 6.42. The second-order valence-electron chi connectivity index (χ2n) is 12.1. The van der Waals surface area contributed by atoms with Crippen LogP contribution in [0.25, 0.3) is 0 Å². The molecule has 47 heavy (non-hydrogen) atoms. The van der Waals surface area contributed by atoms with Crippen LogP contribution in [-0.4, -0.2) is 53.7 Å². The average Bonchev–Trinajstić information content (AvgIpc) is 3.80. The monoisotopic (exact) mass is 634 g/mol. The third kappa shape index (κ3) is 5.03. The molecule has 8 bridgehead atoms. The van der Waals surface area contributed by atoms with Crippen molar-refractivity contribution in [1.29, 1.82) is 0 Å². The van der Waals surface area contributed by atoms with Crippen LogP contribution in [0.5, 0.6) is 0 Å². The Morgan fingerprint density at radius 1 is 1.06 bits per heavy atom. The fraction of sp³-hybridized carbons (Fsp3) is 0.351. The largest absolute Gasteiger partial charge is 0.515 e. The summed E-state index contributed by atoms with van der Waals surface area (Å²) in [7, 11) is 1.27. The molecule has 3 atom stereocenters.